The second kappa shape index (κ2) is 4.68. The molecular formula is C17H19NS. The fraction of sp³-hybridized carbons (Fsp3) is 0.412. The van der Waals surface area contributed by atoms with Gasteiger partial charge in [-0.25, -0.2) is 0 Å². The molecule has 2 fully saturated rings. The second-order valence-corrected chi connectivity index (χ2v) is 6.90. The third-order valence-corrected chi connectivity index (χ3v) is 5.70. The molecule has 2 aromatic rings. The number of para-hydroxylation sites is 1. The molecule has 0 aliphatic heterocycles. The van der Waals surface area contributed by atoms with Gasteiger partial charge in [-0.05, 0) is 48.6 Å². The minimum atomic E-state index is 0.708. The fourth-order valence-electron chi connectivity index (χ4n) is 3.88. The molecule has 0 spiro atoms. The van der Waals surface area contributed by atoms with Gasteiger partial charge in [-0.3, -0.25) is 0 Å². The standard InChI is InChI=1S/C17H19NS/c1-2-5-15(14(4-1)17-6-3-9-19-17)18-16-11-12-7-8-13(16)10-12/h1-6,9,12-13,16,18H,7-8,10-11H2. The Morgan fingerprint density at radius 1 is 1.00 bits per heavy atom. The molecule has 1 heterocycles. The Labute approximate surface area is 118 Å². The van der Waals surface area contributed by atoms with Crippen molar-refractivity contribution in [2.75, 3.05) is 5.32 Å². The molecule has 98 valence electrons. The Hall–Kier alpha value is -1.28. The van der Waals surface area contributed by atoms with E-state index >= 15 is 0 Å². The Morgan fingerprint density at radius 2 is 1.95 bits per heavy atom. The van der Waals surface area contributed by atoms with Crippen LogP contribution in [-0.2, 0) is 0 Å². The van der Waals surface area contributed by atoms with Crippen LogP contribution >= 0.6 is 11.3 Å². The predicted octanol–water partition coefficient (Wildman–Crippen LogP) is 5.02. The van der Waals surface area contributed by atoms with E-state index in [1.165, 1.54) is 41.8 Å². The summed E-state index contributed by atoms with van der Waals surface area (Å²) >= 11 is 1.82. The molecule has 2 aliphatic carbocycles. The number of hydrogen-bond acceptors (Lipinski definition) is 2. The molecular weight excluding hydrogens is 250 g/mol. The lowest BCUT2D eigenvalue weighted by Crippen LogP contribution is -2.26. The van der Waals surface area contributed by atoms with Crippen LogP contribution in [0.5, 0.6) is 0 Å². The van der Waals surface area contributed by atoms with Crippen LogP contribution in [0.2, 0.25) is 0 Å². The summed E-state index contributed by atoms with van der Waals surface area (Å²) in [6, 6.07) is 13.8. The van der Waals surface area contributed by atoms with Crippen molar-refractivity contribution in [1.29, 1.82) is 0 Å². The lowest BCUT2D eigenvalue weighted by molar-refractivity contribution is 0.440. The van der Waals surface area contributed by atoms with Crippen LogP contribution < -0.4 is 5.32 Å². The molecule has 19 heavy (non-hydrogen) atoms. The van der Waals surface area contributed by atoms with Gasteiger partial charge < -0.3 is 5.32 Å². The molecule has 2 aliphatic rings. The first kappa shape index (κ1) is 11.5. The number of rotatable bonds is 3. The zero-order valence-corrected chi connectivity index (χ0v) is 11.8. The lowest BCUT2D eigenvalue weighted by Gasteiger charge is -2.25. The molecule has 1 N–H and O–H groups in total. The van der Waals surface area contributed by atoms with E-state index in [0.717, 1.165) is 11.8 Å². The van der Waals surface area contributed by atoms with E-state index < -0.39 is 0 Å². The topological polar surface area (TPSA) is 12.0 Å². The number of fused-ring (bicyclic) bond motifs is 2. The summed E-state index contributed by atoms with van der Waals surface area (Å²) < 4.78 is 0. The van der Waals surface area contributed by atoms with Crippen molar-refractivity contribution in [3.8, 4) is 10.4 Å². The number of benzene rings is 1. The minimum absolute atomic E-state index is 0.708. The van der Waals surface area contributed by atoms with Gasteiger partial charge in [0.25, 0.3) is 0 Å². The Bertz CT molecular complexity index is 560. The quantitative estimate of drug-likeness (QED) is 0.825. The highest BCUT2D eigenvalue weighted by atomic mass is 32.1. The van der Waals surface area contributed by atoms with Crippen LogP contribution in [0.4, 0.5) is 5.69 Å². The third-order valence-electron chi connectivity index (χ3n) is 4.79. The summed E-state index contributed by atoms with van der Waals surface area (Å²) in [6.07, 6.45) is 5.74. The first-order chi connectivity index (χ1) is 9.40. The normalized spacial score (nSPS) is 28.7. The van der Waals surface area contributed by atoms with Gasteiger partial charge in [0.05, 0.1) is 0 Å². The van der Waals surface area contributed by atoms with E-state index in [2.05, 4.69) is 47.1 Å². The van der Waals surface area contributed by atoms with E-state index in [4.69, 9.17) is 0 Å². The molecule has 0 radical (unpaired) electrons. The number of thiophene rings is 1. The summed E-state index contributed by atoms with van der Waals surface area (Å²) in [5, 5.41) is 5.99. The molecule has 2 heteroatoms. The van der Waals surface area contributed by atoms with Gasteiger partial charge in [0.15, 0.2) is 0 Å². The van der Waals surface area contributed by atoms with E-state index in [9.17, 15) is 0 Å². The van der Waals surface area contributed by atoms with Crippen molar-refractivity contribution in [2.45, 2.75) is 31.7 Å². The van der Waals surface area contributed by atoms with E-state index in [-0.39, 0.29) is 0 Å². The van der Waals surface area contributed by atoms with Crippen LogP contribution in [0.15, 0.2) is 41.8 Å². The Kier molecular flexibility index (Phi) is 2.84. The largest absolute Gasteiger partial charge is 0.381 e. The second-order valence-electron chi connectivity index (χ2n) is 5.95. The average molecular weight is 269 g/mol. The molecule has 3 atom stereocenters. The lowest BCUT2D eigenvalue weighted by atomic mass is 9.95. The molecule has 1 aromatic heterocycles. The zero-order chi connectivity index (χ0) is 12.7. The van der Waals surface area contributed by atoms with Crippen molar-refractivity contribution >= 4 is 17.0 Å². The maximum absolute atomic E-state index is 3.84. The molecule has 2 bridgehead atoms. The summed E-state index contributed by atoms with van der Waals surface area (Å²) in [5.74, 6) is 1.91. The molecule has 1 aromatic carbocycles. The highest BCUT2D eigenvalue weighted by molar-refractivity contribution is 7.13. The third kappa shape index (κ3) is 2.08. The summed E-state index contributed by atoms with van der Waals surface area (Å²) in [6.45, 7) is 0. The van der Waals surface area contributed by atoms with Gasteiger partial charge in [-0.15, -0.1) is 11.3 Å². The van der Waals surface area contributed by atoms with Crippen molar-refractivity contribution in [3.63, 3.8) is 0 Å². The zero-order valence-electron chi connectivity index (χ0n) is 11.0. The van der Waals surface area contributed by atoms with E-state index in [0.29, 0.717) is 6.04 Å². The van der Waals surface area contributed by atoms with Gasteiger partial charge in [0.1, 0.15) is 0 Å². The van der Waals surface area contributed by atoms with Gasteiger partial charge in [0, 0.05) is 22.2 Å². The smallest absolute Gasteiger partial charge is 0.0430 e. The van der Waals surface area contributed by atoms with Crippen LogP contribution in [-0.4, -0.2) is 6.04 Å². The number of nitrogens with one attached hydrogen (secondary N) is 1. The molecule has 1 nitrogen and oxygen atoms in total. The van der Waals surface area contributed by atoms with E-state index in [1.54, 1.807) is 0 Å². The highest BCUT2D eigenvalue weighted by Gasteiger charge is 2.39. The van der Waals surface area contributed by atoms with Crippen LogP contribution in [0.25, 0.3) is 10.4 Å². The molecule has 4 rings (SSSR count). The average Bonchev–Trinajstić information content (AvgIpc) is 3.17. The Balaban J connectivity index is 1.61. The van der Waals surface area contributed by atoms with Gasteiger partial charge in [-0.1, -0.05) is 30.7 Å². The highest BCUT2D eigenvalue weighted by Crippen LogP contribution is 2.46. The van der Waals surface area contributed by atoms with Gasteiger partial charge >= 0.3 is 0 Å². The van der Waals surface area contributed by atoms with Gasteiger partial charge in [0.2, 0.25) is 0 Å². The van der Waals surface area contributed by atoms with Gasteiger partial charge in [-0.2, -0.15) is 0 Å². The van der Waals surface area contributed by atoms with Crippen LogP contribution in [0, 0.1) is 11.8 Å². The maximum atomic E-state index is 3.84. The summed E-state index contributed by atoms with van der Waals surface area (Å²) in [7, 11) is 0. The minimum Gasteiger partial charge on any atom is -0.381 e. The first-order valence-electron chi connectivity index (χ1n) is 7.29. The molecule has 0 saturated heterocycles. The van der Waals surface area contributed by atoms with Crippen molar-refractivity contribution in [3.05, 3.63) is 41.8 Å². The summed E-state index contributed by atoms with van der Waals surface area (Å²) in [4.78, 5) is 1.37. The predicted molar refractivity (Wildman–Crippen MR) is 82.6 cm³/mol. The van der Waals surface area contributed by atoms with Crippen LogP contribution in [0.3, 0.4) is 0 Å². The molecule has 2 saturated carbocycles. The van der Waals surface area contributed by atoms with Crippen molar-refractivity contribution < 1.29 is 0 Å². The van der Waals surface area contributed by atoms with E-state index in [1.807, 2.05) is 11.3 Å². The summed E-state index contributed by atoms with van der Waals surface area (Å²) in [5.41, 5.74) is 2.68. The first-order valence-corrected chi connectivity index (χ1v) is 8.17. The molecule has 3 unspecified atom stereocenters. The van der Waals surface area contributed by atoms with Crippen molar-refractivity contribution in [2.24, 2.45) is 11.8 Å². The molecule has 0 amide bonds. The Morgan fingerprint density at radius 3 is 2.68 bits per heavy atom. The fourth-order valence-corrected chi connectivity index (χ4v) is 4.64. The number of anilines is 1. The van der Waals surface area contributed by atoms with Crippen LogP contribution in [0.1, 0.15) is 25.7 Å². The number of hydrogen-bond donors (Lipinski definition) is 1. The maximum Gasteiger partial charge on any atom is 0.0430 e. The SMILES string of the molecule is c1csc(-c2ccccc2NC2CC3CCC2C3)c1. The monoisotopic (exact) mass is 269 g/mol. The van der Waals surface area contributed by atoms with Crippen molar-refractivity contribution in [1.82, 2.24) is 0 Å².